The lowest BCUT2D eigenvalue weighted by Gasteiger charge is -2.20. The molecule has 0 aromatic heterocycles. The van der Waals surface area contributed by atoms with E-state index in [9.17, 15) is 19.8 Å². The van der Waals surface area contributed by atoms with Crippen molar-refractivity contribution in [1.29, 1.82) is 0 Å². The summed E-state index contributed by atoms with van der Waals surface area (Å²) < 4.78 is 5.51. The molecule has 0 fully saturated rings. The Balaban J connectivity index is 3.34. The minimum atomic E-state index is -0.840. The van der Waals surface area contributed by atoms with Gasteiger partial charge in [-0.2, -0.15) is 0 Å². The molecule has 1 amide bonds. The third-order valence-corrected chi connectivity index (χ3v) is 16.8. The molecule has 6 heteroatoms. The van der Waals surface area contributed by atoms with E-state index in [1.54, 1.807) is 6.08 Å². The van der Waals surface area contributed by atoms with Crippen molar-refractivity contribution in [2.75, 3.05) is 13.2 Å². The van der Waals surface area contributed by atoms with Crippen molar-refractivity contribution in [1.82, 2.24) is 5.32 Å². The molecule has 0 aromatic carbocycles. The van der Waals surface area contributed by atoms with Crippen LogP contribution in [0.2, 0.25) is 0 Å². The minimum Gasteiger partial charge on any atom is -0.466 e. The van der Waals surface area contributed by atoms with Gasteiger partial charge in [-0.15, -0.1) is 0 Å². The van der Waals surface area contributed by atoms with Crippen LogP contribution in [-0.4, -0.2) is 47.4 Å². The number of hydrogen-bond acceptors (Lipinski definition) is 5. The lowest BCUT2D eigenvalue weighted by molar-refractivity contribution is -0.143. The number of carbonyl (C=O) groups is 2. The zero-order chi connectivity index (χ0) is 58.5. The van der Waals surface area contributed by atoms with Crippen LogP contribution in [0.1, 0.15) is 393 Å². The number of aliphatic hydroxyl groups is 2. The number of rotatable bonds is 68. The number of ether oxygens (including phenoxy) is 1. The molecule has 2 unspecified atom stereocenters. The highest BCUT2D eigenvalue weighted by Crippen LogP contribution is 2.18. The molecule has 0 bridgehead atoms. The zero-order valence-corrected chi connectivity index (χ0v) is 54.5. The molecule has 81 heavy (non-hydrogen) atoms. The molecular weight excluding hydrogens is 995 g/mol. The Bertz CT molecular complexity index is 1360. The van der Waals surface area contributed by atoms with E-state index in [1.807, 2.05) is 6.08 Å². The molecule has 0 aliphatic rings. The highest BCUT2D eigenvalue weighted by atomic mass is 16.5. The van der Waals surface area contributed by atoms with Crippen LogP contribution in [0.25, 0.3) is 0 Å². The van der Waals surface area contributed by atoms with E-state index in [-0.39, 0.29) is 18.5 Å². The molecule has 476 valence electrons. The number of amides is 1. The number of nitrogens with one attached hydrogen (secondary N) is 1. The molecule has 2 atom stereocenters. The van der Waals surface area contributed by atoms with Crippen molar-refractivity contribution in [2.45, 2.75) is 405 Å². The van der Waals surface area contributed by atoms with Crippen molar-refractivity contribution in [3.8, 4) is 0 Å². The van der Waals surface area contributed by atoms with Crippen molar-refractivity contribution < 1.29 is 24.5 Å². The van der Waals surface area contributed by atoms with Gasteiger partial charge in [0.15, 0.2) is 0 Å². The van der Waals surface area contributed by atoms with Crippen molar-refractivity contribution in [2.24, 2.45) is 0 Å². The van der Waals surface area contributed by atoms with E-state index in [0.29, 0.717) is 19.4 Å². The number of aliphatic hydroxyl groups excluding tert-OH is 2. The van der Waals surface area contributed by atoms with Gasteiger partial charge in [-0.25, -0.2) is 0 Å². The number of allylic oxidation sites excluding steroid dienone is 7. The maximum absolute atomic E-state index is 12.4. The molecule has 3 N–H and O–H groups in total. The molecule has 0 saturated heterocycles. The number of hydrogen-bond donors (Lipinski definition) is 3. The van der Waals surface area contributed by atoms with Gasteiger partial charge in [0.25, 0.3) is 0 Å². The summed E-state index contributed by atoms with van der Waals surface area (Å²) in [6.07, 6.45) is 92.3. The minimum absolute atomic E-state index is 0.0158. The average molecular weight is 1140 g/mol. The van der Waals surface area contributed by atoms with Gasteiger partial charge in [0, 0.05) is 12.8 Å². The van der Waals surface area contributed by atoms with Gasteiger partial charge in [-0.3, -0.25) is 9.59 Å². The molecule has 0 radical (unpaired) electrons. The number of unbranched alkanes of at least 4 members (excludes halogenated alkanes) is 51. The average Bonchev–Trinajstić information content (AvgIpc) is 3.47. The molecular formula is C75H141NO5. The van der Waals surface area contributed by atoms with Crippen LogP contribution in [0.4, 0.5) is 0 Å². The van der Waals surface area contributed by atoms with E-state index in [1.165, 1.54) is 315 Å². The van der Waals surface area contributed by atoms with Crippen molar-refractivity contribution in [3.63, 3.8) is 0 Å². The molecule has 0 heterocycles. The SMILES string of the molecule is CCCCCCCCC/C=C\CCCCCCCCCC(=O)OCCCCCCCCCCCCCCC/C=C\C/C=C\CCCCCCCCCCCCCCCCCCCC(=O)NC(CO)C(O)/C=C/CCCCCCCCC. The van der Waals surface area contributed by atoms with Gasteiger partial charge in [0.2, 0.25) is 5.91 Å². The largest absolute Gasteiger partial charge is 0.466 e. The summed E-state index contributed by atoms with van der Waals surface area (Å²) >= 11 is 0. The van der Waals surface area contributed by atoms with Gasteiger partial charge in [0.1, 0.15) is 0 Å². The van der Waals surface area contributed by atoms with Crippen molar-refractivity contribution >= 4 is 11.9 Å². The molecule has 0 saturated carbocycles. The fraction of sp³-hybridized carbons (Fsp3) is 0.867. The Morgan fingerprint density at radius 1 is 0.346 bits per heavy atom. The second-order valence-corrected chi connectivity index (χ2v) is 24.9. The highest BCUT2D eigenvalue weighted by Gasteiger charge is 2.18. The summed E-state index contributed by atoms with van der Waals surface area (Å²) in [6, 6.07) is -0.624. The van der Waals surface area contributed by atoms with Gasteiger partial charge < -0.3 is 20.3 Å². The van der Waals surface area contributed by atoms with E-state index in [4.69, 9.17) is 4.74 Å². The van der Waals surface area contributed by atoms with E-state index >= 15 is 0 Å². The molecule has 0 aliphatic carbocycles. The third kappa shape index (κ3) is 66.8. The first kappa shape index (κ1) is 78.8. The van der Waals surface area contributed by atoms with Crippen LogP contribution in [0.3, 0.4) is 0 Å². The van der Waals surface area contributed by atoms with E-state index in [0.717, 1.165) is 51.4 Å². The Hall–Kier alpha value is -2.18. The highest BCUT2D eigenvalue weighted by molar-refractivity contribution is 5.76. The zero-order valence-electron chi connectivity index (χ0n) is 54.5. The summed E-state index contributed by atoms with van der Waals surface area (Å²) in [4.78, 5) is 24.5. The fourth-order valence-electron chi connectivity index (χ4n) is 11.3. The predicted octanol–water partition coefficient (Wildman–Crippen LogP) is 23.6. The van der Waals surface area contributed by atoms with E-state index < -0.39 is 12.1 Å². The van der Waals surface area contributed by atoms with Crippen LogP contribution in [0, 0.1) is 0 Å². The van der Waals surface area contributed by atoms with E-state index in [2.05, 4.69) is 55.6 Å². The first-order valence-electron chi connectivity index (χ1n) is 36.4. The molecule has 0 aliphatic heterocycles. The monoisotopic (exact) mass is 1140 g/mol. The van der Waals surface area contributed by atoms with Crippen molar-refractivity contribution in [3.05, 3.63) is 48.6 Å². The van der Waals surface area contributed by atoms with Gasteiger partial charge in [-0.1, -0.05) is 339 Å². The van der Waals surface area contributed by atoms with Crippen LogP contribution >= 0.6 is 0 Å². The Morgan fingerprint density at radius 3 is 0.951 bits per heavy atom. The van der Waals surface area contributed by atoms with Gasteiger partial charge in [-0.05, 0) is 89.9 Å². The topological polar surface area (TPSA) is 95.9 Å². The molecule has 6 nitrogen and oxygen atoms in total. The van der Waals surface area contributed by atoms with Gasteiger partial charge >= 0.3 is 5.97 Å². The summed E-state index contributed by atoms with van der Waals surface area (Å²) in [5.74, 6) is -0.0512. The Labute approximate surface area is 506 Å². The normalized spacial score (nSPS) is 12.8. The van der Waals surface area contributed by atoms with Crippen LogP contribution in [-0.2, 0) is 14.3 Å². The summed E-state index contributed by atoms with van der Waals surface area (Å²) in [5, 5.41) is 23.0. The Kier molecular flexibility index (Phi) is 68.4. The number of esters is 1. The summed E-state index contributed by atoms with van der Waals surface area (Å²) in [5.41, 5.74) is 0. The lowest BCUT2D eigenvalue weighted by Crippen LogP contribution is -2.45. The number of carbonyl (C=O) groups excluding carboxylic acids is 2. The maximum atomic E-state index is 12.4. The quantitative estimate of drug-likeness (QED) is 0.0320. The fourth-order valence-corrected chi connectivity index (χ4v) is 11.3. The molecule has 0 aromatic rings. The molecule has 0 spiro atoms. The summed E-state index contributed by atoms with van der Waals surface area (Å²) in [7, 11) is 0. The van der Waals surface area contributed by atoms with Crippen LogP contribution in [0.15, 0.2) is 48.6 Å². The van der Waals surface area contributed by atoms with Gasteiger partial charge in [0.05, 0.1) is 25.4 Å². The maximum Gasteiger partial charge on any atom is 0.305 e. The smallest absolute Gasteiger partial charge is 0.305 e. The van der Waals surface area contributed by atoms with Crippen LogP contribution < -0.4 is 5.32 Å². The molecule has 0 rings (SSSR count). The second kappa shape index (κ2) is 70.3. The Morgan fingerprint density at radius 2 is 0.617 bits per heavy atom. The van der Waals surface area contributed by atoms with Crippen LogP contribution in [0.5, 0.6) is 0 Å². The summed E-state index contributed by atoms with van der Waals surface area (Å²) in [6.45, 7) is 4.90. The first-order chi connectivity index (χ1) is 40.0. The third-order valence-electron chi connectivity index (χ3n) is 16.8. The second-order valence-electron chi connectivity index (χ2n) is 24.9. The predicted molar refractivity (Wildman–Crippen MR) is 356 cm³/mol. The standard InChI is InChI=1S/C75H141NO5/c1-3-5-7-9-11-13-14-15-16-17-40-43-46-49-53-57-61-65-69-75(80)81-70-66-62-58-54-50-47-44-41-38-36-34-32-30-28-26-24-22-20-18-19-21-23-25-27-29-31-33-35-37-39-42-45-48-52-56-60-64-68-74(79)76-72(71-77)73(78)67-63-59-55-51-12-10-8-6-4-2/h16-18,20,24,26,63,67,72-73,77-78H,3-15,19,21-23,25,27-62,64-66,68-71H2,1-2H3,(H,76,79)/b17-16-,20-18-,26-24-,67-63+. The first-order valence-corrected chi connectivity index (χ1v) is 36.4. The lowest BCUT2D eigenvalue weighted by atomic mass is 10.0.